The van der Waals surface area contributed by atoms with Gasteiger partial charge in [0, 0.05) is 19.0 Å². The Labute approximate surface area is 169 Å². The van der Waals surface area contributed by atoms with E-state index in [9.17, 15) is 19.2 Å². The Morgan fingerprint density at radius 1 is 1.24 bits per heavy atom. The highest BCUT2D eigenvalue weighted by atomic mass is 16.6. The Morgan fingerprint density at radius 3 is 2.62 bits per heavy atom. The summed E-state index contributed by atoms with van der Waals surface area (Å²) < 4.78 is 10.1. The van der Waals surface area contributed by atoms with Gasteiger partial charge in [0.15, 0.2) is 6.61 Å². The van der Waals surface area contributed by atoms with Crippen molar-refractivity contribution in [3.8, 4) is 0 Å². The monoisotopic (exact) mass is 405 g/mol. The van der Waals surface area contributed by atoms with Crippen LogP contribution in [0.4, 0.5) is 16.2 Å². The van der Waals surface area contributed by atoms with Crippen LogP contribution in [0.2, 0.25) is 0 Å². The molecule has 1 aromatic rings. The highest BCUT2D eigenvalue weighted by Crippen LogP contribution is 2.31. The molecule has 1 atom stereocenters. The quantitative estimate of drug-likeness (QED) is 0.726. The summed E-state index contributed by atoms with van der Waals surface area (Å²) in [5, 5.41) is 5.22. The predicted molar refractivity (Wildman–Crippen MR) is 106 cm³/mol. The van der Waals surface area contributed by atoms with E-state index in [1.807, 2.05) is 0 Å². The molecule has 0 saturated heterocycles. The molecular weight excluding hydrogens is 378 g/mol. The third kappa shape index (κ3) is 6.78. The Morgan fingerprint density at radius 2 is 1.93 bits per heavy atom. The number of rotatable bonds is 5. The number of carbonyl (C=O) groups is 4. The summed E-state index contributed by atoms with van der Waals surface area (Å²) in [6.45, 7) is 6.53. The Balaban J connectivity index is 1.87. The minimum absolute atomic E-state index is 0.0311. The fourth-order valence-corrected chi connectivity index (χ4v) is 2.83. The molecule has 2 N–H and O–H groups in total. The number of anilines is 2. The molecule has 1 heterocycles. The van der Waals surface area contributed by atoms with Gasteiger partial charge in [-0.2, -0.15) is 0 Å². The number of nitrogens with one attached hydrogen (secondary N) is 2. The number of esters is 1. The Kier molecular flexibility index (Phi) is 7.19. The highest BCUT2D eigenvalue weighted by molar-refractivity contribution is 6.05. The number of ether oxygens (including phenoxy) is 2. The lowest BCUT2D eigenvalue weighted by molar-refractivity contribution is -0.147. The molecule has 0 radical (unpaired) electrons. The van der Waals surface area contributed by atoms with Crippen LogP contribution in [0.25, 0.3) is 0 Å². The summed E-state index contributed by atoms with van der Waals surface area (Å²) in [6, 6.07) is 6.56. The van der Waals surface area contributed by atoms with Gasteiger partial charge >= 0.3 is 12.1 Å². The summed E-state index contributed by atoms with van der Waals surface area (Å²) in [4.78, 5) is 49.6. The molecule has 29 heavy (non-hydrogen) atoms. The molecule has 1 aliphatic heterocycles. The first-order valence-corrected chi connectivity index (χ1v) is 9.40. The second-order valence-electron chi connectivity index (χ2n) is 7.72. The molecule has 0 bridgehead atoms. The molecule has 0 aliphatic carbocycles. The minimum Gasteiger partial charge on any atom is -0.455 e. The minimum atomic E-state index is -0.632. The molecule has 2 rings (SSSR count). The number of fused-ring (bicyclic) bond motifs is 1. The Bertz CT molecular complexity index is 787. The molecule has 9 heteroatoms. The number of carbonyl (C=O) groups excluding carboxylic acids is 4. The van der Waals surface area contributed by atoms with Crippen LogP contribution in [0.3, 0.4) is 0 Å². The third-order valence-electron chi connectivity index (χ3n) is 3.98. The van der Waals surface area contributed by atoms with E-state index in [0.29, 0.717) is 11.4 Å². The molecule has 0 spiro atoms. The van der Waals surface area contributed by atoms with E-state index in [1.165, 1.54) is 4.90 Å². The summed E-state index contributed by atoms with van der Waals surface area (Å²) in [5.74, 6) is -1.25. The molecule has 158 valence electrons. The zero-order chi connectivity index (χ0) is 21.6. The number of hydrogen-bond donors (Lipinski definition) is 2. The first-order valence-electron chi connectivity index (χ1n) is 9.40. The van der Waals surface area contributed by atoms with Crippen LogP contribution in [0.15, 0.2) is 24.3 Å². The average molecular weight is 405 g/mol. The maximum atomic E-state index is 12.7. The number of amides is 3. The van der Waals surface area contributed by atoms with E-state index in [-0.39, 0.29) is 25.3 Å². The number of benzene rings is 1. The van der Waals surface area contributed by atoms with E-state index in [2.05, 4.69) is 10.6 Å². The highest BCUT2D eigenvalue weighted by Gasteiger charge is 2.30. The number of alkyl carbamates (subject to hydrolysis) is 1. The summed E-state index contributed by atoms with van der Waals surface area (Å²) in [6.07, 6.45) is -0.596. The van der Waals surface area contributed by atoms with Gasteiger partial charge in [0.05, 0.1) is 17.8 Å². The predicted octanol–water partition coefficient (Wildman–Crippen LogP) is 2.21. The van der Waals surface area contributed by atoms with Crippen molar-refractivity contribution in [2.45, 2.75) is 52.2 Å². The van der Waals surface area contributed by atoms with E-state index in [1.54, 1.807) is 52.0 Å². The molecule has 0 saturated carbocycles. The van der Waals surface area contributed by atoms with Crippen molar-refractivity contribution in [1.29, 1.82) is 0 Å². The van der Waals surface area contributed by atoms with Crippen LogP contribution >= 0.6 is 0 Å². The molecular formula is C20H27N3O6. The third-order valence-corrected chi connectivity index (χ3v) is 3.98. The molecule has 1 aromatic carbocycles. The molecule has 0 aromatic heterocycles. The van der Waals surface area contributed by atoms with Crippen molar-refractivity contribution in [2.24, 2.45) is 0 Å². The molecule has 1 aliphatic rings. The first kappa shape index (κ1) is 22.2. The van der Waals surface area contributed by atoms with Gasteiger partial charge in [0.1, 0.15) is 5.60 Å². The van der Waals surface area contributed by atoms with E-state index >= 15 is 0 Å². The van der Waals surface area contributed by atoms with Crippen molar-refractivity contribution in [3.63, 3.8) is 0 Å². The van der Waals surface area contributed by atoms with Gasteiger partial charge in [-0.1, -0.05) is 12.1 Å². The number of nitrogens with zero attached hydrogens (tertiary/aromatic N) is 1. The SMILES string of the molecule is C[C@H]1CC(=O)Nc2ccccc2N1C(=O)COC(=O)CCNC(=O)OC(C)(C)C. The molecule has 0 unspecified atom stereocenters. The molecule has 3 amide bonds. The fourth-order valence-electron chi connectivity index (χ4n) is 2.83. The van der Waals surface area contributed by atoms with Gasteiger partial charge < -0.3 is 25.0 Å². The van der Waals surface area contributed by atoms with Gasteiger partial charge in [-0.15, -0.1) is 0 Å². The van der Waals surface area contributed by atoms with Gasteiger partial charge in [0.2, 0.25) is 5.91 Å². The van der Waals surface area contributed by atoms with Gasteiger partial charge in [-0.3, -0.25) is 14.4 Å². The smallest absolute Gasteiger partial charge is 0.407 e. The second kappa shape index (κ2) is 9.40. The van der Waals surface area contributed by atoms with Crippen molar-refractivity contribution < 1.29 is 28.7 Å². The van der Waals surface area contributed by atoms with Gasteiger partial charge in [-0.25, -0.2) is 4.79 Å². The standard InChI is InChI=1S/C20H27N3O6/c1-13-11-16(24)22-14-7-5-6-8-15(14)23(13)17(25)12-28-18(26)9-10-21-19(27)29-20(2,3)4/h5-8,13H,9-12H2,1-4H3,(H,21,27)(H,22,24)/t13-/m0/s1. The maximum absolute atomic E-state index is 12.7. The number of para-hydroxylation sites is 2. The van der Waals surface area contributed by atoms with Crippen LogP contribution in [-0.2, 0) is 23.9 Å². The van der Waals surface area contributed by atoms with Crippen molar-refractivity contribution >= 4 is 35.3 Å². The van der Waals surface area contributed by atoms with Crippen LogP contribution in [0.1, 0.15) is 40.5 Å². The van der Waals surface area contributed by atoms with E-state index < -0.39 is 36.2 Å². The zero-order valence-corrected chi connectivity index (χ0v) is 17.1. The van der Waals surface area contributed by atoms with E-state index in [0.717, 1.165) is 0 Å². The first-order chi connectivity index (χ1) is 13.6. The summed E-state index contributed by atoms with van der Waals surface area (Å²) in [5.41, 5.74) is 0.453. The topological polar surface area (TPSA) is 114 Å². The van der Waals surface area contributed by atoms with Crippen molar-refractivity contribution in [3.05, 3.63) is 24.3 Å². The van der Waals surface area contributed by atoms with Crippen LogP contribution in [0.5, 0.6) is 0 Å². The van der Waals surface area contributed by atoms with E-state index in [4.69, 9.17) is 9.47 Å². The van der Waals surface area contributed by atoms with Crippen LogP contribution in [-0.4, -0.2) is 48.7 Å². The normalized spacial score (nSPS) is 16.2. The second-order valence-corrected chi connectivity index (χ2v) is 7.72. The Hall–Kier alpha value is -3.10. The zero-order valence-electron chi connectivity index (χ0n) is 17.1. The molecule has 9 nitrogen and oxygen atoms in total. The average Bonchev–Trinajstić information content (AvgIpc) is 2.72. The van der Waals surface area contributed by atoms with Crippen molar-refractivity contribution in [2.75, 3.05) is 23.4 Å². The maximum Gasteiger partial charge on any atom is 0.407 e. The van der Waals surface area contributed by atoms with Crippen molar-refractivity contribution in [1.82, 2.24) is 5.32 Å². The lowest BCUT2D eigenvalue weighted by Crippen LogP contribution is -2.41. The largest absolute Gasteiger partial charge is 0.455 e. The lowest BCUT2D eigenvalue weighted by Gasteiger charge is -2.27. The van der Waals surface area contributed by atoms with Gasteiger partial charge in [-0.05, 0) is 39.8 Å². The summed E-state index contributed by atoms with van der Waals surface area (Å²) in [7, 11) is 0. The summed E-state index contributed by atoms with van der Waals surface area (Å²) >= 11 is 0. The van der Waals surface area contributed by atoms with Gasteiger partial charge in [0.25, 0.3) is 5.91 Å². The fraction of sp³-hybridized carbons (Fsp3) is 0.500. The van der Waals surface area contributed by atoms with Crippen LogP contribution < -0.4 is 15.5 Å². The molecule has 0 fully saturated rings. The number of hydrogen-bond acceptors (Lipinski definition) is 6. The van der Waals surface area contributed by atoms with Crippen LogP contribution in [0, 0.1) is 0 Å². The lowest BCUT2D eigenvalue weighted by atomic mass is 10.1.